The first kappa shape index (κ1) is 12.8. The Balaban J connectivity index is 1.87. The van der Waals surface area contributed by atoms with Crippen molar-refractivity contribution >= 4 is 11.7 Å². The molecule has 1 aromatic rings. The van der Waals surface area contributed by atoms with E-state index in [0.29, 0.717) is 0 Å². The Hall–Kier alpha value is -1.65. The van der Waals surface area contributed by atoms with Gasteiger partial charge in [0.15, 0.2) is 0 Å². The molecule has 18 heavy (non-hydrogen) atoms. The summed E-state index contributed by atoms with van der Waals surface area (Å²) in [5.74, 6) is 1.23. The monoisotopic (exact) mass is 248 g/mol. The van der Waals surface area contributed by atoms with Crippen molar-refractivity contribution < 1.29 is 4.79 Å². The molecule has 98 valence electrons. The molecule has 1 fully saturated rings. The summed E-state index contributed by atoms with van der Waals surface area (Å²) in [6.45, 7) is 5.73. The highest BCUT2D eigenvalue weighted by Crippen LogP contribution is 2.21. The minimum Gasteiger partial charge on any atom is -0.355 e. The molecule has 5 nitrogen and oxygen atoms in total. The molecular formula is C13H20N4O. The Morgan fingerprint density at radius 2 is 2.11 bits per heavy atom. The van der Waals surface area contributed by atoms with E-state index in [1.807, 2.05) is 13.8 Å². The Morgan fingerprint density at radius 3 is 2.67 bits per heavy atom. The molecule has 0 spiro atoms. The standard InChI is InChI=1S/C13H20N4O/c1-10(2)16-13(18)11-3-7-17(8-4-11)12-9-14-5-6-15-12/h5-6,9-11H,3-4,7-8H2,1-2H3,(H,16,18). The third-order valence-corrected chi connectivity index (χ3v) is 3.17. The van der Waals surface area contributed by atoms with Gasteiger partial charge in [0.05, 0.1) is 6.20 Å². The number of rotatable bonds is 3. The maximum absolute atomic E-state index is 11.9. The van der Waals surface area contributed by atoms with Gasteiger partial charge in [-0.2, -0.15) is 0 Å². The molecule has 0 atom stereocenters. The van der Waals surface area contributed by atoms with Gasteiger partial charge in [0.2, 0.25) is 5.91 Å². The lowest BCUT2D eigenvalue weighted by atomic mass is 9.95. The Bertz CT molecular complexity index is 385. The van der Waals surface area contributed by atoms with Crippen LogP contribution in [0, 0.1) is 5.92 Å². The topological polar surface area (TPSA) is 58.1 Å². The number of piperidine rings is 1. The molecule has 2 rings (SSSR count). The average molecular weight is 248 g/mol. The summed E-state index contributed by atoms with van der Waals surface area (Å²) < 4.78 is 0. The van der Waals surface area contributed by atoms with Crippen LogP contribution in [-0.4, -0.2) is 35.0 Å². The largest absolute Gasteiger partial charge is 0.355 e. The van der Waals surface area contributed by atoms with Crippen LogP contribution in [0.25, 0.3) is 0 Å². The number of nitrogens with one attached hydrogen (secondary N) is 1. The van der Waals surface area contributed by atoms with E-state index < -0.39 is 0 Å². The number of aromatic nitrogens is 2. The Kier molecular flexibility index (Phi) is 4.12. The van der Waals surface area contributed by atoms with Crippen molar-refractivity contribution in [1.29, 1.82) is 0 Å². The number of hydrogen-bond donors (Lipinski definition) is 1. The number of anilines is 1. The lowest BCUT2D eigenvalue weighted by Gasteiger charge is -2.32. The van der Waals surface area contributed by atoms with Gasteiger partial charge in [-0.15, -0.1) is 0 Å². The van der Waals surface area contributed by atoms with Crippen LogP contribution in [0.4, 0.5) is 5.82 Å². The third-order valence-electron chi connectivity index (χ3n) is 3.17. The molecule has 1 amide bonds. The number of nitrogens with zero attached hydrogens (tertiary/aromatic N) is 3. The fourth-order valence-electron chi connectivity index (χ4n) is 2.23. The van der Waals surface area contributed by atoms with Crippen molar-refractivity contribution in [2.24, 2.45) is 5.92 Å². The molecule has 2 heterocycles. The van der Waals surface area contributed by atoms with Gasteiger partial charge in [-0.25, -0.2) is 4.98 Å². The van der Waals surface area contributed by atoms with Crippen LogP contribution < -0.4 is 10.2 Å². The first-order valence-corrected chi connectivity index (χ1v) is 6.48. The van der Waals surface area contributed by atoms with Gasteiger partial charge < -0.3 is 10.2 Å². The first-order chi connectivity index (χ1) is 8.66. The lowest BCUT2D eigenvalue weighted by molar-refractivity contribution is -0.126. The van der Waals surface area contributed by atoms with Crippen molar-refractivity contribution in [1.82, 2.24) is 15.3 Å². The molecule has 1 saturated heterocycles. The van der Waals surface area contributed by atoms with Gasteiger partial charge in [0.25, 0.3) is 0 Å². The van der Waals surface area contributed by atoms with Gasteiger partial charge in [-0.3, -0.25) is 9.78 Å². The summed E-state index contributed by atoms with van der Waals surface area (Å²) in [6.07, 6.45) is 6.91. The normalized spacial score (nSPS) is 16.9. The molecule has 1 aromatic heterocycles. The minimum absolute atomic E-state index is 0.139. The van der Waals surface area contributed by atoms with Crippen LogP contribution in [0.1, 0.15) is 26.7 Å². The van der Waals surface area contributed by atoms with E-state index in [1.54, 1.807) is 18.6 Å². The van der Waals surface area contributed by atoms with E-state index in [2.05, 4.69) is 20.2 Å². The molecular weight excluding hydrogens is 228 g/mol. The summed E-state index contributed by atoms with van der Waals surface area (Å²) in [4.78, 5) is 22.4. The minimum atomic E-state index is 0.139. The van der Waals surface area contributed by atoms with Crippen molar-refractivity contribution in [3.8, 4) is 0 Å². The van der Waals surface area contributed by atoms with E-state index in [9.17, 15) is 4.79 Å². The summed E-state index contributed by atoms with van der Waals surface area (Å²) in [5.41, 5.74) is 0. The summed E-state index contributed by atoms with van der Waals surface area (Å²) >= 11 is 0. The zero-order valence-electron chi connectivity index (χ0n) is 11.0. The maximum atomic E-state index is 11.9. The smallest absolute Gasteiger partial charge is 0.223 e. The maximum Gasteiger partial charge on any atom is 0.223 e. The fourth-order valence-corrected chi connectivity index (χ4v) is 2.23. The number of hydrogen-bond acceptors (Lipinski definition) is 4. The molecule has 0 aromatic carbocycles. The molecule has 0 unspecified atom stereocenters. The SMILES string of the molecule is CC(C)NC(=O)C1CCN(c2cnccn2)CC1. The molecule has 5 heteroatoms. The molecule has 1 aliphatic heterocycles. The third kappa shape index (κ3) is 3.18. The zero-order chi connectivity index (χ0) is 13.0. The van der Waals surface area contributed by atoms with Gasteiger partial charge in [0, 0.05) is 37.4 Å². The van der Waals surface area contributed by atoms with Crippen molar-refractivity contribution in [3.63, 3.8) is 0 Å². The molecule has 0 aliphatic carbocycles. The Labute approximate surface area is 108 Å². The summed E-state index contributed by atoms with van der Waals surface area (Å²) in [7, 11) is 0. The molecule has 1 aliphatic rings. The molecule has 0 radical (unpaired) electrons. The van der Waals surface area contributed by atoms with Crippen LogP contribution >= 0.6 is 0 Å². The molecule has 0 bridgehead atoms. The highest BCUT2D eigenvalue weighted by molar-refractivity contribution is 5.79. The summed E-state index contributed by atoms with van der Waals surface area (Å²) in [6, 6.07) is 0.218. The van der Waals surface area contributed by atoms with Crippen LogP contribution in [0.3, 0.4) is 0 Å². The Morgan fingerprint density at radius 1 is 1.39 bits per heavy atom. The zero-order valence-corrected chi connectivity index (χ0v) is 11.0. The van der Waals surface area contributed by atoms with Gasteiger partial charge in [0.1, 0.15) is 5.82 Å². The fraction of sp³-hybridized carbons (Fsp3) is 0.615. The van der Waals surface area contributed by atoms with E-state index >= 15 is 0 Å². The first-order valence-electron chi connectivity index (χ1n) is 6.48. The van der Waals surface area contributed by atoms with Crippen LogP contribution in [0.5, 0.6) is 0 Å². The van der Waals surface area contributed by atoms with E-state index in [0.717, 1.165) is 31.7 Å². The van der Waals surface area contributed by atoms with E-state index in [1.165, 1.54) is 0 Å². The predicted octanol–water partition coefficient (Wildman–Crippen LogP) is 1.22. The highest BCUT2D eigenvalue weighted by atomic mass is 16.1. The predicted molar refractivity (Wildman–Crippen MR) is 70.2 cm³/mol. The number of carbonyl (C=O) groups is 1. The highest BCUT2D eigenvalue weighted by Gasteiger charge is 2.25. The van der Waals surface area contributed by atoms with Crippen molar-refractivity contribution in [3.05, 3.63) is 18.6 Å². The molecule has 0 saturated carbocycles. The average Bonchev–Trinajstić information content (AvgIpc) is 2.39. The van der Waals surface area contributed by atoms with Gasteiger partial charge in [-0.1, -0.05) is 0 Å². The van der Waals surface area contributed by atoms with E-state index in [-0.39, 0.29) is 17.9 Å². The molecule has 1 N–H and O–H groups in total. The van der Waals surface area contributed by atoms with Gasteiger partial charge >= 0.3 is 0 Å². The number of carbonyl (C=O) groups excluding carboxylic acids is 1. The number of amides is 1. The van der Waals surface area contributed by atoms with E-state index in [4.69, 9.17) is 0 Å². The summed E-state index contributed by atoms with van der Waals surface area (Å²) in [5, 5.41) is 2.98. The quantitative estimate of drug-likeness (QED) is 0.873. The van der Waals surface area contributed by atoms with Crippen molar-refractivity contribution in [2.75, 3.05) is 18.0 Å². The van der Waals surface area contributed by atoms with Gasteiger partial charge in [-0.05, 0) is 26.7 Å². The van der Waals surface area contributed by atoms with Crippen LogP contribution in [0.15, 0.2) is 18.6 Å². The lowest BCUT2D eigenvalue weighted by Crippen LogP contribution is -2.42. The second-order valence-electron chi connectivity index (χ2n) is 4.99. The van der Waals surface area contributed by atoms with Crippen LogP contribution in [0.2, 0.25) is 0 Å². The van der Waals surface area contributed by atoms with Crippen LogP contribution in [-0.2, 0) is 4.79 Å². The second-order valence-corrected chi connectivity index (χ2v) is 4.99. The second kappa shape index (κ2) is 5.80. The van der Waals surface area contributed by atoms with Crippen molar-refractivity contribution in [2.45, 2.75) is 32.7 Å².